The standard InChI is InChI=1S/C19H22N6O3/c26-15-8-4-10-23(15)11-5-9-20-17(27)16-18(28)25-13-12-24(19(25)22-21-16)14-6-2-1-3-7-14/h1-3,6-7H,4-5,8-13H2,(H,20,27). The van der Waals surface area contributed by atoms with Gasteiger partial charge in [0.25, 0.3) is 11.5 Å². The molecule has 1 aromatic carbocycles. The number of nitrogens with zero attached hydrogens (tertiary/aromatic N) is 5. The molecule has 146 valence electrons. The van der Waals surface area contributed by atoms with Crippen LogP contribution in [0.4, 0.5) is 11.6 Å². The van der Waals surface area contributed by atoms with Gasteiger partial charge in [0, 0.05) is 44.8 Å². The van der Waals surface area contributed by atoms with Gasteiger partial charge in [-0.25, -0.2) is 0 Å². The van der Waals surface area contributed by atoms with Gasteiger partial charge >= 0.3 is 0 Å². The molecule has 9 heteroatoms. The second-order valence-electron chi connectivity index (χ2n) is 6.89. The van der Waals surface area contributed by atoms with E-state index in [1.165, 1.54) is 4.57 Å². The van der Waals surface area contributed by atoms with Crippen LogP contribution in [-0.4, -0.2) is 57.7 Å². The van der Waals surface area contributed by atoms with Crippen molar-refractivity contribution in [2.75, 3.05) is 31.1 Å². The fourth-order valence-corrected chi connectivity index (χ4v) is 3.60. The Hall–Kier alpha value is -3.23. The van der Waals surface area contributed by atoms with Crippen LogP contribution in [-0.2, 0) is 11.3 Å². The first-order valence-electron chi connectivity index (χ1n) is 9.51. The van der Waals surface area contributed by atoms with Gasteiger partial charge in [0.1, 0.15) is 0 Å². The normalized spacial score (nSPS) is 15.8. The van der Waals surface area contributed by atoms with E-state index in [-0.39, 0.29) is 11.6 Å². The monoisotopic (exact) mass is 382 g/mol. The lowest BCUT2D eigenvalue weighted by Crippen LogP contribution is -2.36. The molecule has 0 spiro atoms. The van der Waals surface area contributed by atoms with Crippen LogP contribution in [0.15, 0.2) is 35.1 Å². The molecule has 4 rings (SSSR count). The molecule has 0 bridgehead atoms. The van der Waals surface area contributed by atoms with Crippen LogP contribution in [0.25, 0.3) is 0 Å². The van der Waals surface area contributed by atoms with Gasteiger partial charge in [-0.1, -0.05) is 18.2 Å². The van der Waals surface area contributed by atoms with Gasteiger partial charge in [0.05, 0.1) is 0 Å². The molecule has 9 nitrogen and oxygen atoms in total. The second kappa shape index (κ2) is 7.79. The Morgan fingerprint density at radius 3 is 2.64 bits per heavy atom. The molecule has 2 aliphatic heterocycles. The maximum absolute atomic E-state index is 12.7. The number of amides is 2. The first kappa shape index (κ1) is 18.1. The predicted molar refractivity (Wildman–Crippen MR) is 103 cm³/mol. The van der Waals surface area contributed by atoms with Gasteiger partial charge < -0.3 is 15.1 Å². The highest BCUT2D eigenvalue weighted by molar-refractivity contribution is 5.91. The third-order valence-corrected chi connectivity index (χ3v) is 5.06. The highest BCUT2D eigenvalue weighted by Crippen LogP contribution is 2.25. The molecule has 2 aromatic rings. The first-order chi connectivity index (χ1) is 13.6. The smallest absolute Gasteiger partial charge is 0.286 e. The average Bonchev–Trinajstić information content (AvgIpc) is 3.33. The molecule has 0 aliphatic carbocycles. The van der Waals surface area contributed by atoms with Crippen LogP contribution in [0.2, 0.25) is 0 Å². The van der Waals surface area contributed by atoms with Crippen LogP contribution in [0.3, 0.4) is 0 Å². The molecule has 28 heavy (non-hydrogen) atoms. The number of anilines is 2. The maximum atomic E-state index is 12.7. The van der Waals surface area contributed by atoms with Crippen molar-refractivity contribution in [3.05, 3.63) is 46.4 Å². The Morgan fingerprint density at radius 1 is 1.07 bits per heavy atom. The Labute approximate surface area is 162 Å². The molecule has 0 radical (unpaired) electrons. The van der Waals surface area contributed by atoms with Crippen molar-refractivity contribution in [2.45, 2.75) is 25.8 Å². The predicted octanol–water partition coefficient (Wildman–Crippen LogP) is 0.532. The highest BCUT2D eigenvalue weighted by Gasteiger charge is 2.27. The van der Waals surface area contributed by atoms with Crippen molar-refractivity contribution < 1.29 is 9.59 Å². The Balaban J connectivity index is 1.40. The van der Waals surface area contributed by atoms with Crippen molar-refractivity contribution >= 4 is 23.5 Å². The zero-order valence-corrected chi connectivity index (χ0v) is 15.5. The summed E-state index contributed by atoms with van der Waals surface area (Å²) in [5, 5.41) is 10.7. The van der Waals surface area contributed by atoms with E-state index < -0.39 is 11.5 Å². The largest absolute Gasteiger partial charge is 0.350 e. The number of fused-ring (bicyclic) bond motifs is 1. The third kappa shape index (κ3) is 3.47. The summed E-state index contributed by atoms with van der Waals surface area (Å²) in [4.78, 5) is 40.3. The summed E-state index contributed by atoms with van der Waals surface area (Å²) < 4.78 is 1.48. The minimum absolute atomic E-state index is 0.164. The average molecular weight is 382 g/mol. The van der Waals surface area contributed by atoms with Crippen molar-refractivity contribution in [3.8, 4) is 0 Å². The zero-order chi connectivity index (χ0) is 19.5. The molecular weight excluding hydrogens is 360 g/mol. The second-order valence-corrected chi connectivity index (χ2v) is 6.89. The quantitative estimate of drug-likeness (QED) is 0.732. The Bertz CT molecular complexity index is 942. The van der Waals surface area contributed by atoms with E-state index >= 15 is 0 Å². The van der Waals surface area contributed by atoms with Gasteiger partial charge in [0.2, 0.25) is 17.5 Å². The summed E-state index contributed by atoms with van der Waals surface area (Å²) in [6.45, 7) is 2.82. The van der Waals surface area contributed by atoms with Crippen molar-refractivity contribution in [1.29, 1.82) is 0 Å². The molecule has 2 amide bonds. The minimum Gasteiger partial charge on any atom is -0.350 e. The van der Waals surface area contributed by atoms with E-state index in [0.29, 0.717) is 45.0 Å². The van der Waals surface area contributed by atoms with Crippen LogP contribution in [0.5, 0.6) is 0 Å². The number of aromatic nitrogens is 3. The van der Waals surface area contributed by atoms with Gasteiger partial charge in [-0.3, -0.25) is 19.0 Å². The Kier molecular flexibility index (Phi) is 5.05. The summed E-state index contributed by atoms with van der Waals surface area (Å²) in [5.41, 5.74) is 0.294. The zero-order valence-electron chi connectivity index (χ0n) is 15.5. The van der Waals surface area contributed by atoms with Crippen molar-refractivity contribution in [1.82, 2.24) is 25.0 Å². The number of hydrogen-bond acceptors (Lipinski definition) is 6. The number of hydrogen-bond donors (Lipinski definition) is 1. The number of carbonyl (C=O) groups is 2. The van der Waals surface area contributed by atoms with Crippen LogP contribution < -0.4 is 15.8 Å². The van der Waals surface area contributed by atoms with Crippen molar-refractivity contribution in [2.24, 2.45) is 0 Å². The molecule has 3 heterocycles. The number of para-hydroxylation sites is 1. The minimum atomic E-state index is -0.529. The van der Waals surface area contributed by atoms with Gasteiger partial charge in [-0.2, -0.15) is 0 Å². The molecule has 1 saturated heterocycles. The first-order valence-corrected chi connectivity index (χ1v) is 9.51. The van der Waals surface area contributed by atoms with Crippen molar-refractivity contribution in [3.63, 3.8) is 0 Å². The summed E-state index contributed by atoms with van der Waals surface area (Å²) >= 11 is 0. The summed E-state index contributed by atoms with van der Waals surface area (Å²) in [5.74, 6) is 0.0797. The molecule has 0 unspecified atom stereocenters. The maximum Gasteiger partial charge on any atom is 0.286 e. The van der Waals surface area contributed by atoms with E-state index in [9.17, 15) is 14.4 Å². The highest BCUT2D eigenvalue weighted by atomic mass is 16.2. The van der Waals surface area contributed by atoms with E-state index in [1.54, 1.807) is 4.90 Å². The molecular formula is C19H22N6O3. The molecule has 0 atom stereocenters. The van der Waals surface area contributed by atoms with Crippen LogP contribution >= 0.6 is 0 Å². The van der Waals surface area contributed by atoms with E-state index in [2.05, 4.69) is 15.5 Å². The lowest BCUT2D eigenvalue weighted by atomic mass is 10.3. The topological polar surface area (TPSA) is 100 Å². The summed E-state index contributed by atoms with van der Waals surface area (Å²) in [6, 6.07) is 9.63. The Morgan fingerprint density at radius 2 is 1.89 bits per heavy atom. The third-order valence-electron chi connectivity index (χ3n) is 5.06. The van der Waals surface area contributed by atoms with E-state index in [1.807, 2.05) is 35.2 Å². The molecule has 1 aromatic heterocycles. The number of nitrogens with one attached hydrogen (secondary N) is 1. The molecule has 1 fully saturated rings. The molecule has 1 N–H and O–H groups in total. The SMILES string of the molecule is O=C(NCCCN1CCCC1=O)c1nnc2n(c1=O)CCN2c1ccccc1. The number of benzene rings is 1. The lowest BCUT2D eigenvalue weighted by molar-refractivity contribution is -0.127. The van der Waals surface area contributed by atoms with Crippen LogP contribution in [0.1, 0.15) is 29.8 Å². The summed E-state index contributed by atoms with van der Waals surface area (Å²) in [7, 11) is 0. The fraction of sp³-hybridized carbons (Fsp3) is 0.421. The molecule has 0 saturated carbocycles. The number of carbonyl (C=O) groups excluding carboxylic acids is 2. The van der Waals surface area contributed by atoms with Crippen LogP contribution in [0, 0.1) is 0 Å². The molecule has 2 aliphatic rings. The van der Waals surface area contributed by atoms with Gasteiger partial charge in [-0.05, 0) is 25.0 Å². The van der Waals surface area contributed by atoms with E-state index in [0.717, 1.165) is 18.7 Å². The lowest BCUT2D eigenvalue weighted by Gasteiger charge is -2.16. The van der Waals surface area contributed by atoms with Gasteiger partial charge in [0.15, 0.2) is 0 Å². The number of likely N-dealkylation sites (tertiary alicyclic amines) is 1. The summed E-state index contributed by atoms with van der Waals surface area (Å²) in [6.07, 6.45) is 2.14. The van der Waals surface area contributed by atoms with Gasteiger partial charge in [-0.15, -0.1) is 10.2 Å². The van der Waals surface area contributed by atoms with E-state index in [4.69, 9.17) is 0 Å². The number of rotatable bonds is 6. The fourth-order valence-electron chi connectivity index (χ4n) is 3.60.